The van der Waals surface area contributed by atoms with Gasteiger partial charge in [0, 0.05) is 6.42 Å². The highest BCUT2D eigenvalue weighted by Crippen LogP contribution is 2.21. The van der Waals surface area contributed by atoms with Crippen LogP contribution in [0.3, 0.4) is 0 Å². The van der Waals surface area contributed by atoms with Crippen molar-refractivity contribution in [3.8, 4) is 0 Å². The molecule has 2 aromatic rings. The average Bonchev–Trinajstić information content (AvgIpc) is 2.98. The quantitative estimate of drug-likeness (QED) is 0.711. The molecule has 1 heterocycles. The van der Waals surface area contributed by atoms with E-state index in [4.69, 9.17) is 4.42 Å². The van der Waals surface area contributed by atoms with Crippen LogP contribution in [0.2, 0.25) is 0 Å². The normalized spacial score (nSPS) is 12.5. The summed E-state index contributed by atoms with van der Waals surface area (Å²) in [5.74, 6) is 1.42. The predicted octanol–water partition coefficient (Wildman–Crippen LogP) is 3.89. The zero-order chi connectivity index (χ0) is 14.9. The first-order valence-corrected chi connectivity index (χ1v) is 7.95. The van der Waals surface area contributed by atoms with Gasteiger partial charge in [-0.15, -0.1) is 10.2 Å². The Kier molecular flexibility index (Phi) is 6.41. The van der Waals surface area contributed by atoms with Crippen molar-refractivity contribution in [1.82, 2.24) is 15.5 Å². The summed E-state index contributed by atoms with van der Waals surface area (Å²) in [6.07, 6.45) is 5.45. The largest absolute Gasteiger partial charge is 0.423 e. The van der Waals surface area contributed by atoms with Gasteiger partial charge in [0.15, 0.2) is 0 Å². The van der Waals surface area contributed by atoms with Gasteiger partial charge in [0.05, 0.1) is 0 Å². The van der Waals surface area contributed by atoms with E-state index in [-0.39, 0.29) is 6.04 Å². The second-order valence-corrected chi connectivity index (χ2v) is 5.29. The first-order chi connectivity index (χ1) is 10.3. The van der Waals surface area contributed by atoms with Gasteiger partial charge in [0.2, 0.25) is 11.8 Å². The molecule has 0 saturated heterocycles. The molecule has 1 unspecified atom stereocenters. The number of aryl methyl sites for hydroxylation is 1. The van der Waals surface area contributed by atoms with E-state index in [9.17, 15) is 0 Å². The summed E-state index contributed by atoms with van der Waals surface area (Å²) in [5.41, 5.74) is 1.16. The zero-order valence-electron chi connectivity index (χ0n) is 13.0. The van der Waals surface area contributed by atoms with Crippen molar-refractivity contribution >= 4 is 0 Å². The molecule has 21 heavy (non-hydrogen) atoms. The van der Waals surface area contributed by atoms with Crippen LogP contribution in [0.5, 0.6) is 0 Å². The van der Waals surface area contributed by atoms with E-state index >= 15 is 0 Å². The Bertz CT molecular complexity index is 510. The van der Waals surface area contributed by atoms with E-state index in [0.29, 0.717) is 5.89 Å². The molecule has 1 aromatic carbocycles. The highest BCUT2D eigenvalue weighted by Gasteiger charge is 2.19. The number of nitrogens with zero attached hydrogens (tertiary/aromatic N) is 2. The molecular weight excluding hydrogens is 262 g/mol. The minimum Gasteiger partial charge on any atom is -0.423 e. The third-order valence-electron chi connectivity index (χ3n) is 3.45. The van der Waals surface area contributed by atoms with Crippen molar-refractivity contribution in [3.63, 3.8) is 0 Å². The molecule has 0 aliphatic heterocycles. The Morgan fingerprint density at radius 3 is 2.57 bits per heavy atom. The molecule has 0 radical (unpaired) electrons. The number of aromatic nitrogens is 2. The number of hydrogen-bond donors (Lipinski definition) is 1. The molecule has 0 bridgehead atoms. The minimum absolute atomic E-state index is 0.0152. The van der Waals surface area contributed by atoms with Gasteiger partial charge in [0.1, 0.15) is 6.04 Å². The van der Waals surface area contributed by atoms with Crippen LogP contribution in [0, 0.1) is 0 Å². The Balaban J connectivity index is 2.09. The van der Waals surface area contributed by atoms with Gasteiger partial charge < -0.3 is 9.73 Å². The van der Waals surface area contributed by atoms with Gasteiger partial charge in [-0.1, -0.05) is 57.0 Å². The summed E-state index contributed by atoms with van der Waals surface area (Å²) in [4.78, 5) is 0. The van der Waals surface area contributed by atoms with E-state index in [1.54, 1.807) is 0 Å². The Hall–Kier alpha value is -1.68. The van der Waals surface area contributed by atoms with Crippen molar-refractivity contribution in [3.05, 3.63) is 47.7 Å². The fourth-order valence-electron chi connectivity index (χ4n) is 2.29. The van der Waals surface area contributed by atoms with Crippen molar-refractivity contribution < 1.29 is 4.42 Å². The van der Waals surface area contributed by atoms with Gasteiger partial charge in [-0.05, 0) is 24.9 Å². The number of nitrogens with one attached hydrogen (secondary N) is 1. The minimum atomic E-state index is -0.0152. The van der Waals surface area contributed by atoms with Crippen LogP contribution in [0.4, 0.5) is 0 Å². The highest BCUT2D eigenvalue weighted by atomic mass is 16.4. The van der Waals surface area contributed by atoms with E-state index in [1.165, 1.54) is 12.8 Å². The maximum Gasteiger partial charge on any atom is 0.237 e. The fraction of sp³-hybridized carbons (Fsp3) is 0.529. The first-order valence-electron chi connectivity index (χ1n) is 7.95. The molecule has 4 heteroatoms. The van der Waals surface area contributed by atoms with Gasteiger partial charge in [0.25, 0.3) is 0 Å². The summed E-state index contributed by atoms with van der Waals surface area (Å²) >= 11 is 0. The standard InChI is InChI=1S/C17H25N3O/c1-3-5-7-12-15-19-20-17(21-15)16(18-13-4-2)14-10-8-6-9-11-14/h6,8-11,16,18H,3-5,7,12-13H2,1-2H3. The van der Waals surface area contributed by atoms with Crippen molar-refractivity contribution in [2.24, 2.45) is 0 Å². The molecule has 114 valence electrons. The van der Waals surface area contributed by atoms with Crippen LogP contribution in [-0.2, 0) is 6.42 Å². The molecule has 1 N–H and O–H groups in total. The van der Waals surface area contributed by atoms with Crippen LogP contribution in [0.25, 0.3) is 0 Å². The molecule has 0 fully saturated rings. The molecule has 4 nitrogen and oxygen atoms in total. The molecule has 1 atom stereocenters. The number of rotatable bonds is 9. The van der Waals surface area contributed by atoms with Crippen molar-refractivity contribution in [2.75, 3.05) is 6.54 Å². The topological polar surface area (TPSA) is 51.0 Å². The average molecular weight is 287 g/mol. The Labute approximate surface area is 127 Å². The number of unbranched alkanes of at least 4 members (excludes halogenated alkanes) is 2. The summed E-state index contributed by atoms with van der Waals surface area (Å²) in [6, 6.07) is 10.3. The first kappa shape index (κ1) is 15.7. The van der Waals surface area contributed by atoms with Gasteiger partial charge in [-0.25, -0.2) is 0 Å². The van der Waals surface area contributed by atoms with Crippen LogP contribution in [0.15, 0.2) is 34.7 Å². The highest BCUT2D eigenvalue weighted by molar-refractivity contribution is 5.23. The van der Waals surface area contributed by atoms with Crippen molar-refractivity contribution in [2.45, 2.75) is 52.0 Å². The summed E-state index contributed by atoms with van der Waals surface area (Å²) < 4.78 is 5.86. The lowest BCUT2D eigenvalue weighted by molar-refractivity contribution is 0.401. The second kappa shape index (κ2) is 8.57. The maximum absolute atomic E-state index is 5.86. The van der Waals surface area contributed by atoms with E-state index in [2.05, 4.69) is 41.5 Å². The monoisotopic (exact) mass is 287 g/mol. The lowest BCUT2D eigenvalue weighted by Crippen LogP contribution is -2.23. The third kappa shape index (κ3) is 4.67. The predicted molar refractivity (Wildman–Crippen MR) is 84.1 cm³/mol. The zero-order valence-corrected chi connectivity index (χ0v) is 13.0. The lowest BCUT2D eigenvalue weighted by Gasteiger charge is -2.14. The molecule has 2 rings (SSSR count). The van der Waals surface area contributed by atoms with Gasteiger partial charge in [-0.2, -0.15) is 0 Å². The summed E-state index contributed by atoms with van der Waals surface area (Å²) in [6.45, 7) is 5.27. The number of hydrogen-bond acceptors (Lipinski definition) is 4. The molecule has 1 aromatic heterocycles. The molecule has 0 aliphatic carbocycles. The fourth-order valence-corrected chi connectivity index (χ4v) is 2.29. The molecule has 0 amide bonds. The van der Waals surface area contributed by atoms with Gasteiger partial charge >= 0.3 is 0 Å². The van der Waals surface area contributed by atoms with Crippen LogP contribution < -0.4 is 5.32 Å². The molecule has 0 aliphatic rings. The molecule has 0 spiro atoms. The van der Waals surface area contributed by atoms with Crippen molar-refractivity contribution in [1.29, 1.82) is 0 Å². The summed E-state index contributed by atoms with van der Waals surface area (Å²) in [7, 11) is 0. The second-order valence-electron chi connectivity index (χ2n) is 5.29. The van der Waals surface area contributed by atoms with E-state index in [0.717, 1.165) is 37.3 Å². The smallest absolute Gasteiger partial charge is 0.237 e. The summed E-state index contributed by atoms with van der Waals surface area (Å²) in [5, 5.41) is 11.9. The van der Waals surface area contributed by atoms with Crippen LogP contribution in [0.1, 0.15) is 62.9 Å². The van der Waals surface area contributed by atoms with Gasteiger partial charge in [-0.3, -0.25) is 0 Å². The third-order valence-corrected chi connectivity index (χ3v) is 3.45. The van der Waals surface area contributed by atoms with Crippen LogP contribution in [-0.4, -0.2) is 16.7 Å². The molecular formula is C17H25N3O. The van der Waals surface area contributed by atoms with E-state index in [1.807, 2.05) is 18.2 Å². The lowest BCUT2D eigenvalue weighted by atomic mass is 10.1. The number of benzene rings is 1. The Morgan fingerprint density at radius 2 is 1.86 bits per heavy atom. The Morgan fingerprint density at radius 1 is 1.05 bits per heavy atom. The van der Waals surface area contributed by atoms with Crippen LogP contribution >= 0.6 is 0 Å². The van der Waals surface area contributed by atoms with E-state index < -0.39 is 0 Å². The SMILES string of the molecule is CCCCCc1nnc(C(NCCC)c2ccccc2)o1. The maximum atomic E-state index is 5.86. The molecule has 0 saturated carbocycles.